The molecule has 2 heterocycles. The highest BCUT2D eigenvalue weighted by molar-refractivity contribution is 7.89. The Bertz CT molecular complexity index is 1310. The maximum absolute atomic E-state index is 13.0. The van der Waals surface area contributed by atoms with E-state index in [1.807, 2.05) is 6.07 Å². The molecule has 10 heteroatoms. The smallest absolute Gasteiger partial charge is 0.244 e. The first-order valence-electron chi connectivity index (χ1n) is 10.6. The number of anilines is 1. The standard InChI is InChI=1S/C24H21ClN4O4S/c25-19-5-8-21(9-6-19)33-23-10-7-20(16-27-23)28-24(30)17-11-13-29(14-12-17)34(31,32)22-4-2-1-3-18(22)15-26/h1-10,16-17H,11-14H2,(H,28,30). The van der Waals surface area contributed by atoms with Crippen molar-refractivity contribution in [3.63, 3.8) is 0 Å². The van der Waals surface area contributed by atoms with Gasteiger partial charge in [0.2, 0.25) is 21.8 Å². The first-order chi connectivity index (χ1) is 16.4. The molecule has 1 fully saturated rings. The Morgan fingerprint density at radius 2 is 1.79 bits per heavy atom. The molecule has 0 saturated carbocycles. The summed E-state index contributed by atoms with van der Waals surface area (Å²) in [7, 11) is -3.80. The molecule has 1 saturated heterocycles. The van der Waals surface area contributed by atoms with Crippen LogP contribution in [0, 0.1) is 17.2 Å². The lowest BCUT2D eigenvalue weighted by atomic mass is 9.97. The van der Waals surface area contributed by atoms with Gasteiger partial charge in [0.15, 0.2) is 0 Å². The molecule has 34 heavy (non-hydrogen) atoms. The molecule has 0 radical (unpaired) electrons. The Hall–Kier alpha value is -3.45. The second kappa shape index (κ2) is 10.2. The third-order valence-corrected chi connectivity index (χ3v) is 7.70. The summed E-state index contributed by atoms with van der Waals surface area (Å²) in [5.41, 5.74) is 0.629. The van der Waals surface area contributed by atoms with Crippen molar-refractivity contribution in [3.8, 4) is 17.7 Å². The predicted octanol–water partition coefficient (Wildman–Crippen LogP) is 4.44. The van der Waals surface area contributed by atoms with E-state index in [0.717, 1.165) is 0 Å². The minimum Gasteiger partial charge on any atom is -0.439 e. The molecule has 0 unspecified atom stereocenters. The van der Waals surface area contributed by atoms with Crippen LogP contribution < -0.4 is 10.1 Å². The van der Waals surface area contributed by atoms with Gasteiger partial charge in [-0.1, -0.05) is 23.7 Å². The van der Waals surface area contributed by atoms with E-state index < -0.39 is 10.0 Å². The highest BCUT2D eigenvalue weighted by atomic mass is 35.5. The number of carbonyl (C=O) groups excluding carboxylic acids is 1. The number of ether oxygens (including phenoxy) is 1. The average Bonchev–Trinajstić information content (AvgIpc) is 2.86. The molecule has 2 aromatic carbocycles. The van der Waals surface area contributed by atoms with Crippen LogP contribution >= 0.6 is 11.6 Å². The SMILES string of the molecule is N#Cc1ccccc1S(=O)(=O)N1CCC(C(=O)Nc2ccc(Oc3ccc(Cl)cc3)nc2)CC1. The van der Waals surface area contributed by atoms with E-state index in [2.05, 4.69) is 10.3 Å². The summed E-state index contributed by atoms with van der Waals surface area (Å²) in [6.07, 6.45) is 2.26. The number of nitriles is 1. The summed E-state index contributed by atoms with van der Waals surface area (Å²) in [6, 6.07) is 18.3. The number of nitrogens with one attached hydrogen (secondary N) is 1. The van der Waals surface area contributed by atoms with Crippen molar-refractivity contribution in [2.75, 3.05) is 18.4 Å². The number of aromatic nitrogens is 1. The monoisotopic (exact) mass is 496 g/mol. The lowest BCUT2D eigenvalue weighted by Gasteiger charge is -2.30. The number of rotatable bonds is 6. The van der Waals surface area contributed by atoms with Crippen molar-refractivity contribution in [3.05, 3.63) is 77.4 Å². The van der Waals surface area contributed by atoms with Gasteiger partial charge in [-0.25, -0.2) is 13.4 Å². The van der Waals surface area contributed by atoms with Gasteiger partial charge in [-0.15, -0.1) is 0 Å². The van der Waals surface area contributed by atoms with Crippen LogP contribution in [0.3, 0.4) is 0 Å². The fourth-order valence-electron chi connectivity index (χ4n) is 3.66. The Labute approximate surface area is 202 Å². The fraction of sp³-hybridized carbons (Fsp3) is 0.208. The maximum atomic E-state index is 13.0. The van der Waals surface area contributed by atoms with Crippen LogP contribution in [0.1, 0.15) is 18.4 Å². The van der Waals surface area contributed by atoms with Gasteiger partial charge in [0.25, 0.3) is 0 Å². The number of benzene rings is 2. The van der Waals surface area contributed by atoms with Gasteiger partial charge in [-0.3, -0.25) is 4.79 Å². The van der Waals surface area contributed by atoms with Gasteiger partial charge in [-0.05, 0) is 55.3 Å². The maximum Gasteiger partial charge on any atom is 0.244 e. The molecular formula is C24H21ClN4O4S. The quantitative estimate of drug-likeness (QED) is 0.540. The minimum atomic E-state index is -3.80. The van der Waals surface area contributed by atoms with E-state index >= 15 is 0 Å². The number of sulfonamides is 1. The molecule has 4 rings (SSSR count). The topological polar surface area (TPSA) is 112 Å². The van der Waals surface area contributed by atoms with Gasteiger partial charge in [0, 0.05) is 30.1 Å². The Kier molecular flexibility index (Phi) is 7.12. The van der Waals surface area contributed by atoms with Gasteiger partial charge in [0.1, 0.15) is 11.8 Å². The predicted molar refractivity (Wildman–Crippen MR) is 127 cm³/mol. The molecule has 0 atom stereocenters. The zero-order valence-electron chi connectivity index (χ0n) is 18.0. The number of hydrogen-bond donors (Lipinski definition) is 1. The molecular weight excluding hydrogens is 476 g/mol. The summed E-state index contributed by atoms with van der Waals surface area (Å²) in [5.74, 6) is 0.439. The molecule has 1 aromatic heterocycles. The van der Waals surface area contributed by atoms with Crippen molar-refractivity contribution < 1.29 is 17.9 Å². The van der Waals surface area contributed by atoms with Crippen molar-refractivity contribution >= 4 is 33.2 Å². The molecule has 174 valence electrons. The van der Waals surface area contributed by atoms with Gasteiger partial charge < -0.3 is 10.1 Å². The van der Waals surface area contributed by atoms with Crippen LogP contribution in [-0.2, 0) is 14.8 Å². The zero-order valence-corrected chi connectivity index (χ0v) is 19.6. The van der Waals surface area contributed by atoms with Crippen molar-refractivity contribution in [2.24, 2.45) is 5.92 Å². The summed E-state index contributed by atoms with van der Waals surface area (Å²) in [5, 5.41) is 12.7. The van der Waals surface area contributed by atoms with E-state index in [0.29, 0.717) is 35.2 Å². The van der Waals surface area contributed by atoms with Crippen LogP contribution in [0.2, 0.25) is 5.02 Å². The molecule has 0 bridgehead atoms. The number of pyridine rings is 1. The minimum absolute atomic E-state index is 0.00705. The van der Waals surface area contributed by atoms with Crippen LogP contribution in [-0.4, -0.2) is 36.7 Å². The van der Waals surface area contributed by atoms with E-state index in [1.54, 1.807) is 48.5 Å². The fourth-order valence-corrected chi connectivity index (χ4v) is 5.40. The van der Waals surface area contributed by atoms with Crippen LogP contribution in [0.5, 0.6) is 11.6 Å². The Balaban J connectivity index is 1.33. The highest BCUT2D eigenvalue weighted by Gasteiger charge is 2.33. The van der Waals surface area contributed by atoms with Crippen molar-refractivity contribution in [2.45, 2.75) is 17.7 Å². The Morgan fingerprint density at radius 1 is 1.09 bits per heavy atom. The zero-order chi connectivity index (χ0) is 24.1. The number of amides is 1. The lowest BCUT2D eigenvalue weighted by Crippen LogP contribution is -2.41. The Morgan fingerprint density at radius 3 is 2.44 bits per heavy atom. The average molecular weight is 497 g/mol. The van der Waals surface area contributed by atoms with Crippen LogP contribution in [0.15, 0.2) is 71.8 Å². The lowest BCUT2D eigenvalue weighted by molar-refractivity contribution is -0.120. The molecule has 0 aliphatic carbocycles. The number of piperidine rings is 1. The molecule has 1 aliphatic heterocycles. The number of hydrogen-bond acceptors (Lipinski definition) is 6. The molecule has 1 N–H and O–H groups in total. The molecule has 8 nitrogen and oxygen atoms in total. The van der Waals surface area contributed by atoms with Crippen LogP contribution in [0.25, 0.3) is 0 Å². The number of nitrogens with zero attached hydrogens (tertiary/aromatic N) is 3. The summed E-state index contributed by atoms with van der Waals surface area (Å²) in [6.45, 7) is 0.401. The molecule has 0 spiro atoms. The van der Waals surface area contributed by atoms with Crippen molar-refractivity contribution in [1.29, 1.82) is 5.26 Å². The summed E-state index contributed by atoms with van der Waals surface area (Å²) >= 11 is 5.86. The van der Waals surface area contributed by atoms with E-state index in [4.69, 9.17) is 16.3 Å². The largest absolute Gasteiger partial charge is 0.439 e. The van der Waals surface area contributed by atoms with Gasteiger partial charge in [0.05, 0.1) is 22.3 Å². The van der Waals surface area contributed by atoms with E-state index in [-0.39, 0.29) is 35.4 Å². The molecule has 1 aliphatic rings. The number of halogens is 1. The van der Waals surface area contributed by atoms with Crippen molar-refractivity contribution in [1.82, 2.24) is 9.29 Å². The van der Waals surface area contributed by atoms with Crippen LogP contribution in [0.4, 0.5) is 5.69 Å². The highest BCUT2D eigenvalue weighted by Crippen LogP contribution is 2.27. The van der Waals surface area contributed by atoms with E-state index in [9.17, 15) is 18.5 Å². The first kappa shape index (κ1) is 23.7. The molecule has 1 amide bonds. The summed E-state index contributed by atoms with van der Waals surface area (Å²) in [4.78, 5) is 16.9. The second-order valence-corrected chi connectivity index (χ2v) is 10.1. The first-order valence-corrected chi connectivity index (χ1v) is 12.4. The second-order valence-electron chi connectivity index (χ2n) is 7.72. The third-order valence-electron chi connectivity index (χ3n) is 5.49. The van der Waals surface area contributed by atoms with E-state index in [1.165, 1.54) is 22.6 Å². The molecule has 3 aromatic rings. The third kappa shape index (κ3) is 5.37. The van der Waals surface area contributed by atoms with Gasteiger partial charge in [-0.2, -0.15) is 9.57 Å². The van der Waals surface area contributed by atoms with Gasteiger partial charge >= 0.3 is 0 Å². The number of carbonyl (C=O) groups is 1. The summed E-state index contributed by atoms with van der Waals surface area (Å²) < 4.78 is 32.9. The normalized spacial score (nSPS) is 14.8.